The summed E-state index contributed by atoms with van der Waals surface area (Å²) in [6, 6.07) is 7.72. The van der Waals surface area contributed by atoms with E-state index in [4.69, 9.17) is 10.5 Å². The molecule has 2 heteroatoms. The Kier molecular flexibility index (Phi) is 4.03. The molecule has 0 aliphatic rings. The van der Waals surface area contributed by atoms with Crippen LogP contribution in [0.2, 0.25) is 0 Å². The zero-order chi connectivity index (χ0) is 10.4. The van der Waals surface area contributed by atoms with Crippen LogP contribution in [0, 0.1) is 11.8 Å². The summed E-state index contributed by atoms with van der Waals surface area (Å²) >= 11 is 0. The van der Waals surface area contributed by atoms with Crippen molar-refractivity contribution in [2.75, 3.05) is 6.54 Å². The quantitative estimate of drug-likeness (QED) is 0.720. The van der Waals surface area contributed by atoms with Crippen LogP contribution in [0.4, 0.5) is 0 Å². The summed E-state index contributed by atoms with van der Waals surface area (Å²) in [6.07, 6.45) is 0.163. The fourth-order valence-electron chi connectivity index (χ4n) is 1.07. The molecule has 1 aromatic rings. The lowest BCUT2D eigenvalue weighted by Gasteiger charge is -2.10. The first-order valence-corrected chi connectivity index (χ1v) is 4.68. The van der Waals surface area contributed by atoms with Crippen LogP contribution in [-0.4, -0.2) is 12.6 Å². The second-order valence-corrected chi connectivity index (χ2v) is 3.17. The maximum Gasteiger partial charge on any atom is 0.135 e. The molecule has 0 aliphatic carbocycles. The van der Waals surface area contributed by atoms with Crippen LogP contribution in [0.25, 0.3) is 0 Å². The average Bonchev–Trinajstić information content (AvgIpc) is 2.16. The van der Waals surface area contributed by atoms with E-state index in [9.17, 15) is 0 Å². The molecule has 2 nitrogen and oxygen atoms in total. The Hall–Kier alpha value is -1.46. The topological polar surface area (TPSA) is 35.2 Å². The Bertz CT molecular complexity index is 347. The van der Waals surface area contributed by atoms with Crippen LogP contribution in [-0.2, 0) is 0 Å². The van der Waals surface area contributed by atoms with Crippen molar-refractivity contribution < 1.29 is 4.74 Å². The zero-order valence-electron chi connectivity index (χ0n) is 8.58. The van der Waals surface area contributed by atoms with Crippen molar-refractivity contribution in [3.05, 3.63) is 29.8 Å². The summed E-state index contributed by atoms with van der Waals surface area (Å²) in [5, 5.41) is 0. The standard InChI is InChI=1S/C12H15NO/c1-10(2)14-12-8-4-3-6-11(12)7-5-9-13/h3-4,6,8,10H,9,13H2,1-2H3. The van der Waals surface area contributed by atoms with Crippen LogP contribution < -0.4 is 10.5 Å². The highest BCUT2D eigenvalue weighted by Gasteiger charge is 2.01. The predicted molar refractivity (Wildman–Crippen MR) is 58.1 cm³/mol. The normalized spacial score (nSPS) is 9.43. The molecular formula is C12H15NO. The molecule has 1 aromatic carbocycles. The van der Waals surface area contributed by atoms with Gasteiger partial charge in [-0.15, -0.1) is 0 Å². The van der Waals surface area contributed by atoms with Gasteiger partial charge in [-0.1, -0.05) is 24.0 Å². The number of rotatable bonds is 2. The van der Waals surface area contributed by atoms with E-state index >= 15 is 0 Å². The molecule has 0 heterocycles. The summed E-state index contributed by atoms with van der Waals surface area (Å²) in [7, 11) is 0. The highest BCUT2D eigenvalue weighted by Crippen LogP contribution is 2.17. The van der Waals surface area contributed by atoms with Crippen molar-refractivity contribution in [3.8, 4) is 17.6 Å². The van der Waals surface area contributed by atoms with Crippen molar-refractivity contribution in [1.29, 1.82) is 0 Å². The van der Waals surface area contributed by atoms with Crippen molar-refractivity contribution in [2.24, 2.45) is 5.73 Å². The molecule has 0 atom stereocenters. The van der Waals surface area contributed by atoms with Gasteiger partial charge in [-0.3, -0.25) is 0 Å². The minimum Gasteiger partial charge on any atom is -0.490 e. The molecule has 0 radical (unpaired) electrons. The van der Waals surface area contributed by atoms with E-state index in [0.29, 0.717) is 6.54 Å². The van der Waals surface area contributed by atoms with Gasteiger partial charge in [0.05, 0.1) is 18.2 Å². The van der Waals surface area contributed by atoms with Crippen molar-refractivity contribution in [2.45, 2.75) is 20.0 Å². The van der Waals surface area contributed by atoms with Crippen LogP contribution in [0.5, 0.6) is 5.75 Å². The van der Waals surface area contributed by atoms with Gasteiger partial charge in [0, 0.05) is 0 Å². The number of ether oxygens (including phenoxy) is 1. The van der Waals surface area contributed by atoms with Gasteiger partial charge >= 0.3 is 0 Å². The van der Waals surface area contributed by atoms with E-state index in [1.54, 1.807) is 0 Å². The summed E-state index contributed by atoms with van der Waals surface area (Å²) in [4.78, 5) is 0. The summed E-state index contributed by atoms with van der Waals surface area (Å²) in [5.74, 6) is 6.62. The van der Waals surface area contributed by atoms with Crippen LogP contribution in [0.1, 0.15) is 19.4 Å². The van der Waals surface area contributed by atoms with Crippen LogP contribution >= 0.6 is 0 Å². The molecular weight excluding hydrogens is 174 g/mol. The molecule has 0 saturated heterocycles. The zero-order valence-corrected chi connectivity index (χ0v) is 8.58. The number of nitrogens with two attached hydrogens (primary N) is 1. The van der Waals surface area contributed by atoms with Gasteiger partial charge in [0.1, 0.15) is 5.75 Å². The van der Waals surface area contributed by atoms with E-state index in [0.717, 1.165) is 11.3 Å². The molecule has 0 bridgehead atoms. The largest absolute Gasteiger partial charge is 0.490 e. The van der Waals surface area contributed by atoms with Gasteiger partial charge in [0.25, 0.3) is 0 Å². The number of benzene rings is 1. The Morgan fingerprint density at radius 1 is 1.36 bits per heavy atom. The molecule has 0 saturated carbocycles. The van der Waals surface area contributed by atoms with Crippen LogP contribution in [0.3, 0.4) is 0 Å². The third-order valence-electron chi connectivity index (χ3n) is 1.57. The molecule has 0 fully saturated rings. The lowest BCUT2D eigenvalue weighted by atomic mass is 10.2. The lowest BCUT2D eigenvalue weighted by Crippen LogP contribution is -2.06. The van der Waals surface area contributed by atoms with Gasteiger partial charge in [-0.05, 0) is 26.0 Å². The fourth-order valence-corrected chi connectivity index (χ4v) is 1.07. The SMILES string of the molecule is CC(C)Oc1ccccc1C#CCN. The van der Waals surface area contributed by atoms with Gasteiger partial charge in [-0.25, -0.2) is 0 Å². The molecule has 0 spiro atoms. The third-order valence-corrected chi connectivity index (χ3v) is 1.57. The minimum absolute atomic E-state index is 0.163. The number of hydrogen-bond donors (Lipinski definition) is 1. The summed E-state index contributed by atoms with van der Waals surface area (Å²) < 4.78 is 5.60. The van der Waals surface area contributed by atoms with E-state index in [1.807, 2.05) is 38.1 Å². The second kappa shape index (κ2) is 5.31. The molecule has 2 N–H and O–H groups in total. The van der Waals surface area contributed by atoms with Gasteiger partial charge in [0.2, 0.25) is 0 Å². The van der Waals surface area contributed by atoms with Gasteiger partial charge < -0.3 is 10.5 Å². The van der Waals surface area contributed by atoms with Crippen LogP contribution in [0.15, 0.2) is 24.3 Å². The van der Waals surface area contributed by atoms with E-state index in [1.165, 1.54) is 0 Å². The highest BCUT2D eigenvalue weighted by molar-refractivity contribution is 5.46. The summed E-state index contributed by atoms with van der Waals surface area (Å²) in [6.45, 7) is 4.36. The first-order valence-electron chi connectivity index (χ1n) is 4.68. The monoisotopic (exact) mass is 189 g/mol. The van der Waals surface area contributed by atoms with Gasteiger partial charge in [-0.2, -0.15) is 0 Å². The molecule has 1 rings (SSSR count). The average molecular weight is 189 g/mol. The second-order valence-electron chi connectivity index (χ2n) is 3.17. The third kappa shape index (κ3) is 3.12. The summed E-state index contributed by atoms with van der Waals surface area (Å²) in [5.41, 5.74) is 6.21. The smallest absolute Gasteiger partial charge is 0.135 e. The van der Waals surface area contributed by atoms with Crippen molar-refractivity contribution in [1.82, 2.24) is 0 Å². The Morgan fingerprint density at radius 2 is 2.07 bits per heavy atom. The first kappa shape index (κ1) is 10.6. The molecule has 0 amide bonds. The maximum absolute atomic E-state index is 5.60. The fraction of sp³-hybridized carbons (Fsp3) is 0.333. The molecule has 14 heavy (non-hydrogen) atoms. The lowest BCUT2D eigenvalue weighted by molar-refractivity contribution is 0.242. The molecule has 0 aromatic heterocycles. The number of para-hydroxylation sites is 1. The van der Waals surface area contributed by atoms with E-state index < -0.39 is 0 Å². The predicted octanol–water partition coefficient (Wildman–Crippen LogP) is 1.78. The van der Waals surface area contributed by atoms with Gasteiger partial charge in [0.15, 0.2) is 0 Å². The van der Waals surface area contributed by atoms with E-state index in [-0.39, 0.29) is 6.10 Å². The Balaban J connectivity index is 2.91. The Morgan fingerprint density at radius 3 is 2.71 bits per heavy atom. The molecule has 0 unspecified atom stereocenters. The highest BCUT2D eigenvalue weighted by atomic mass is 16.5. The maximum atomic E-state index is 5.60. The molecule has 74 valence electrons. The number of hydrogen-bond acceptors (Lipinski definition) is 2. The Labute approximate surface area is 85.1 Å². The minimum atomic E-state index is 0.163. The van der Waals surface area contributed by atoms with E-state index in [2.05, 4.69) is 11.8 Å². The molecule has 0 aliphatic heterocycles. The first-order chi connectivity index (χ1) is 6.74. The van der Waals surface area contributed by atoms with Crippen molar-refractivity contribution in [3.63, 3.8) is 0 Å². The van der Waals surface area contributed by atoms with Crippen molar-refractivity contribution >= 4 is 0 Å².